The lowest BCUT2D eigenvalue weighted by molar-refractivity contribution is 0.414. The van der Waals surface area contributed by atoms with Crippen LogP contribution in [0.4, 0.5) is 0 Å². The first-order chi connectivity index (χ1) is 9.88. The van der Waals surface area contributed by atoms with Gasteiger partial charge in [0.15, 0.2) is 0 Å². The predicted molar refractivity (Wildman–Crippen MR) is 86.0 cm³/mol. The number of aromatic nitrogens is 1. The number of nitrogens with one attached hydrogen (secondary N) is 1. The van der Waals surface area contributed by atoms with Gasteiger partial charge in [-0.25, -0.2) is 4.98 Å². The van der Waals surface area contributed by atoms with Crippen LogP contribution in [0.1, 0.15) is 17.8 Å². The molecule has 2 aromatic rings. The van der Waals surface area contributed by atoms with E-state index in [0.29, 0.717) is 0 Å². The maximum absolute atomic E-state index is 4.53. The molecule has 3 atom stereocenters. The summed E-state index contributed by atoms with van der Waals surface area (Å²) < 4.78 is 0. The van der Waals surface area contributed by atoms with Gasteiger partial charge in [0.2, 0.25) is 0 Å². The summed E-state index contributed by atoms with van der Waals surface area (Å²) in [5.41, 5.74) is 1.30. The van der Waals surface area contributed by atoms with Crippen molar-refractivity contribution < 1.29 is 0 Å². The Bertz CT molecular complexity index is 600. The summed E-state index contributed by atoms with van der Waals surface area (Å²) in [6.07, 6.45) is 9.62. The maximum Gasteiger partial charge on any atom is 0.107 e. The summed E-state index contributed by atoms with van der Waals surface area (Å²) in [5, 5.41) is 9.11. The molecule has 0 aliphatic heterocycles. The molecule has 1 saturated carbocycles. The Balaban J connectivity index is 1.31. The molecule has 0 radical (unpaired) electrons. The van der Waals surface area contributed by atoms with Gasteiger partial charge in [-0.3, -0.25) is 0 Å². The zero-order valence-corrected chi connectivity index (χ0v) is 12.9. The molecule has 0 aromatic carbocycles. The first-order valence-corrected chi connectivity index (χ1v) is 9.01. The van der Waals surface area contributed by atoms with Crippen LogP contribution in [0.5, 0.6) is 0 Å². The van der Waals surface area contributed by atoms with Gasteiger partial charge in [-0.05, 0) is 54.0 Å². The van der Waals surface area contributed by atoms with Gasteiger partial charge in [0, 0.05) is 18.3 Å². The Labute approximate surface area is 127 Å². The van der Waals surface area contributed by atoms with Gasteiger partial charge >= 0.3 is 0 Å². The highest BCUT2D eigenvalue weighted by molar-refractivity contribution is 7.15. The van der Waals surface area contributed by atoms with E-state index >= 15 is 0 Å². The normalized spacial score (nSPS) is 27.5. The minimum atomic E-state index is 0.838. The smallest absolute Gasteiger partial charge is 0.107 e. The number of nitrogens with zero attached hydrogens (tertiary/aromatic N) is 1. The molecule has 0 amide bonds. The molecule has 2 aromatic heterocycles. The lowest BCUT2D eigenvalue weighted by Crippen LogP contribution is -2.24. The molecule has 2 nitrogen and oxygen atoms in total. The van der Waals surface area contributed by atoms with Crippen LogP contribution in [0.2, 0.25) is 0 Å². The van der Waals surface area contributed by atoms with E-state index in [-0.39, 0.29) is 0 Å². The number of rotatable bonds is 5. The standard InChI is InChI=1S/C16H18N2S2/c1-2-12-5-11(1)6-14(12)7-17-9-16-18-8-15(20-16)13-3-4-19-10-13/h1-4,8,10-12,14,17H,5-7,9H2. The van der Waals surface area contributed by atoms with Crippen LogP contribution >= 0.6 is 22.7 Å². The van der Waals surface area contributed by atoms with Gasteiger partial charge in [0.05, 0.1) is 4.88 Å². The predicted octanol–water partition coefficient (Wildman–Crippen LogP) is 4.17. The van der Waals surface area contributed by atoms with Crippen LogP contribution in [0.15, 0.2) is 35.2 Å². The molecule has 0 saturated heterocycles. The molecule has 1 N–H and O–H groups in total. The molecule has 2 aliphatic rings. The zero-order valence-electron chi connectivity index (χ0n) is 11.3. The van der Waals surface area contributed by atoms with E-state index < -0.39 is 0 Å². The Kier molecular flexibility index (Phi) is 3.46. The molecule has 2 bridgehead atoms. The van der Waals surface area contributed by atoms with Gasteiger partial charge in [-0.15, -0.1) is 11.3 Å². The summed E-state index contributed by atoms with van der Waals surface area (Å²) in [6, 6.07) is 2.16. The monoisotopic (exact) mass is 302 g/mol. The highest BCUT2D eigenvalue weighted by Gasteiger charge is 2.34. The van der Waals surface area contributed by atoms with Crippen molar-refractivity contribution in [2.45, 2.75) is 19.4 Å². The van der Waals surface area contributed by atoms with Gasteiger partial charge < -0.3 is 5.32 Å². The fraction of sp³-hybridized carbons (Fsp3) is 0.438. The molecule has 104 valence electrons. The van der Waals surface area contributed by atoms with Crippen molar-refractivity contribution in [3.05, 3.63) is 40.2 Å². The van der Waals surface area contributed by atoms with Crippen molar-refractivity contribution in [2.24, 2.45) is 17.8 Å². The number of allylic oxidation sites excluding steroid dienone is 2. The van der Waals surface area contributed by atoms with Crippen molar-refractivity contribution in [3.63, 3.8) is 0 Å². The highest BCUT2D eigenvalue weighted by Crippen LogP contribution is 2.43. The topological polar surface area (TPSA) is 24.9 Å². The molecular weight excluding hydrogens is 284 g/mol. The third-order valence-corrected chi connectivity index (χ3v) is 6.19. The summed E-state index contributed by atoms with van der Waals surface area (Å²) in [7, 11) is 0. The van der Waals surface area contributed by atoms with E-state index in [0.717, 1.165) is 30.8 Å². The number of thiophene rings is 1. The SMILES string of the molecule is C1=CC2CC1CC2CNCc1ncc(-c2ccsc2)s1. The Morgan fingerprint density at radius 3 is 3.05 bits per heavy atom. The first kappa shape index (κ1) is 12.7. The van der Waals surface area contributed by atoms with Crippen molar-refractivity contribution in [3.8, 4) is 10.4 Å². The molecule has 1 fully saturated rings. The van der Waals surface area contributed by atoms with Crippen molar-refractivity contribution in [1.82, 2.24) is 10.3 Å². The second-order valence-electron chi connectivity index (χ2n) is 5.80. The van der Waals surface area contributed by atoms with Crippen molar-refractivity contribution in [1.29, 1.82) is 0 Å². The minimum Gasteiger partial charge on any atom is -0.310 e. The number of thiazole rings is 1. The van der Waals surface area contributed by atoms with Crippen molar-refractivity contribution in [2.75, 3.05) is 6.54 Å². The third-order valence-electron chi connectivity index (χ3n) is 4.46. The minimum absolute atomic E-state index is 0.838. The van der Waals surface area contributed by atoms with E-state index in [4.69, 9.17) is 0 Å². The lowest BCUT2D eigenvalue weighted by atomic mass is 9.94. The van der Waals surface area contributed by atoms with E-state index in [9.17, 15) is 0 Å². The van der Waals surface area contributed by atoms with Gasteiger partial charge in [0.25, 0.3) is 0 Å². The van der Waals surface area contributed by atoms with Crippen LogP contribution in [0.3, 0.4) is 0 Å². The fourth-order valence-electron chi connectivity index (χ4n) is 3.42. The lowest BCUT2D eigenvalue weighted by Gasteiger charge is -2.17. The molecule has 4 heteroatoms. The Morgan fingerprint density at radius 2 is 2.30 bits per heavy atom. The van der Waals surface area contributed by atoms with Crippen LogP contribution in [0.25, 0.3) is 10.4 Å². The summed E-state index contributed by atoms with van der Waals surface area (Å²) in [6.45, 7) is 2.05. The average molecular weight is 302 g/mol. The Morgan fingerprint density at radius 1 is 1.30 bits per heavy atom. The molecule has 2 aliphatic carbocycles. The molecular formula is C16H18N2S2. The number of hydrogen-bond acceptors (Lipinski definition) is 4. The maximum atomic E-state index is 4.53. The van der Waals surface area contributed by atoms with E-state index in [2.05, 4.69) is 39.3 Å². The van der Waals surface area contributed by atoms with E-state index in [1.165, 1.54) is 28.3 Å². The Hall–Kier alpha value is -0.970. The van der Waals surface area contributed by atoms with Crippen LogP contribution < -0.4 is 5.32 Å². The molecule has 4 rings (SSSR count). The van der Waals surface area contributed by atoms with Crippen LogP contribution in [-0.2, 0) is 6.54 Å². The van der Waals surface area contributed by atoms with E-state index in [1.807, 2.05) is 17.5 Å². The largest absolute Gasteiger partial charge is 0.310 e. The zero-order chi connectivity index (χ0) is 13.4. The first-order valence-electron chi connectivity index (χ1n) is 7.25. The number of hydrogen-bond donors (Lipinski definition) is 1. The molecule has 20 heavy (non-hydrogen) atoms. The van der Waals surface area contributed by atoms with E-state index in [1.54, 1.807) is 11.3 Å². The van der Waals surface area contributed by atoms with Crippen molar-refractivity contribution >= 4 is 22.7 Å². The second kappa shape index (κ2) is 5.43. The van der Waals surface area contributed by atoms with Gasteiger partial charge in [0.1, 0.15) is 5.01 Å². The summed E-state index contributed by atoms with van der Waals surface area (Å²) in [4.78, 5) is 5.81. The fourth-order valence-corrected chi connectivity index (χ4v) is 5.04. The second-order valence-corrected chi connectivity index (χ2v) is 7.70. The van der Waals surface area contributed by atoms with Gasteiger partial charge in [-0.2, -0.15) is 11.3 Å². The molecule has 0 spiro atoms. The van der Waals surface area contributed by atoms with Gasteiger partial charge in [-0.1, -0.05) is 12.2 Å². The number of fused-ring (bicyclic) bond motifs is 2. The molecule has 3 unspecified atom stereocenters. The average Bonchev–Trinajstić information content (AvgIpc) is 3.23. The third kappa shape index (κ3) is 2.48. The van der Waals surface area contributed by atoms with Crippen LogP contribution in [-0.4, -0.2) is 11.5 Å². The van der Waals surface area contributed by atoms with Crippen LogP contribution in [0, 0.1) is 17.8 Å². The summed E-state index contributed by atoms with van der Waals surface area (Å²) in [5.74, 6) is 2.56. The highest BCUT2D eigenvalue weighted by atomic mass is 32.1. The molecule has 2 heterocycles. The quantitative estimate of drug-likeness (QED) is 0.838. The summed E-state index contributed by atoms with van der Waals surface area (Å²) >= 11 is 3.55.